The van der Waals surface area contributed by atoms with Gasteiger partial charge in [0.1, 0.15) is 0 Å². The molecule has 17 heavy (non-hydrogen) atoms. The van der Waals surface area contributed by atoms with Gasteiger partial charge in [-0.1, -0.05) is 47.3 Å². The highest BCUT2D eigenvalue weighted by Gasteiger charge is 2.20. The lowest BCUT2D eigenvalue weighted by Gasteiger charge is -2.21. The molecule has 2 N–H and O–H groups in total. The Bertz CT molecular complexity index is 356. The van der Waals surface area contributed by atoms with Gasteiger partial charge in [-0.3, -0.25) is 0 Å². The van der Waals surface area contributed by atoms with Crippen LogP contribution in [0.2, 0.25) is 0 Å². The first kappa shape index (κ1) is 13.1. The van der Waals surface area contributed by atoms with Crippen LogP contribution in [0.25, 0.3) is 0 Å². The summed E-state index contributed by atoms with van der Waals surface area (Å²) in [6, 6.07) is 8.47. The van der Waals surface area contributed by atoms with Crippen molar-refractivity contribution in [3.63, 3.8) is 0 Å². The lowest BCUT2D eigenvalue weighted by molar-refractivity contribution is 0.0194. The molecule has 1 aliphatic rings. The molecule has 1 fully saturated rings. The molecule has 0 radical (unpaired) electrons. The zero-order valence-electron chi connectivity index (χ0n) is 10.1. The van der Waals surface area contributed by atoms with Gasteiger partial charge in [0, 0.05) is 10.5 Å². The summed E-state index contributed by atoms with van der Waals surface area (Å²) in [5.41, 5.74) is 7.34. The third-order valence-electron chi connectivity index (χ3n) is 3.36. The Morgan fingerprint density at radius 3 is 2.88 bits per heavy atom. The summed E-state index contributed by atoms with van der Waals surface area (Å²) in [5, 5.41) is 0. The van der Waals surface area contributed by atoms with Crippen LogP contribution in [0.1, 0.15) is 37.7 Å². The Morgan fingerprint density at radius 2 is 2.06 bits per heavy atom. The van der Waals surface area contributed by atoms with E-state index in [2.05, 4.69) is 28.1 Å². The zero-order chi connectivity index (χ0) is 12.1. The number of benzene rings is 1. The zero-order valence-corrected chi connectivity index (χ0v) is 11.7. The maximum absolute atomic E-state index is 6.14. The quantitative estimate of drug-likeness (QED) is 0.865. The molecule has 1 saturated carbocycles. The van der Waals surface area contributed by atoms with E-state index in [0.29, 0.717) is 6.61 Å². The minimum atomic E-state index is 0.213. The molecule has 0 amide bonds. The summed E-state index contributed by atoms with van der Waals surface area (Å²) in [7, 11) is 0. The molecule has 2 rings (SSSR count). The highest BCUT2D eigenvalue weighted by molar-refractivity contribution is 9.10. The van der Waals surface area contributed by atoms with Crippen LogP contribution in [0.4, 0.5) is 0 Å². The van der Waals surface area contributed by atoms with E-state index in [1.807, 2.05) is 12.1 Å². The van der Waals surface area contributed by atoms with Gasteiger partial charge in [0.15, 0.2) is 0 Å². The number of halogens is 1. The van der Waals surface area contributed by atoms with Gasteiger partial charge in [-0.15, -0.1) is 0 Å². The number of nitrogens with two attached hydrogens (primary N) is 1. The largest absolute Gasteiger partial charge is 0.372 e. The second kappa shape index (κ2) is 6.53. The maximum Gasteiger partial charge on any atom is 0.0730 e. The fourth-order valence-electron chi connectivity index (χ4n) is 2.34. The topological polar surface area (TPSA) is 35.2 Å². The van der Waals surface area contributed by atoms with Crippen LogP contribution in [0.15, 0.2) is 28.7 Å². The fraction of sp³-hybridized carbons (Fsp3) is 0.571. The Balaban J connectivity index is 1.88. The summed E-state index contributed by atoms with van der Waals surface area (Å²) in [6.07, 6.45) is 6.23. The predicted molar refractivity (Wildman–Crippen MR) is 73.8 cm³/mol. The van der Waals surface area contributed by atoms with Crippen LogP contribution in [0, 0.1) is 0 Å². The van der Waals surface area contributed by atoms with Crippen molar-refractivity contribution in [1.29, 1.82) is 0 Å². The van der Waals surface area contributed by atoms with E-state index in [1.54, 1.807) is 0 Å². The molecule has 1 aromatic rings. The van der Waals surface area contributed by atoms with Crippen molar-refractivity contribution in [2.24, 2.45) is 5.73 Å². The van der Waals surface area contributed by atoms with Gasteiger partial charge in [-0.2, -0.15) is 0 Å². The first-order valence-electron chi connectivity index (χ1n) is 6.37. The first-order valence-corrected chi connectivity index (χ1v) is 7.16. The SMILES string of the molecule is NC1CCCCCC1OCc1cccc(Br)c1. The van der Waals surface area contributed by atoms with Crippen molar-refractivity contribution in [1.82, 2.24) is 0 Å². The van der Waals surface area contributed by atoms with Crippen molar-refractivity contribution >= 4 is 15.9 Å². The molecule has 2 nitrogen and oxygen atoms in total. The van der Waals surface area contributed by atoms with Gasteiger partial charge in [-0.05, 0) is 30.5 Å². The smallest absolute Gasteiger partial charge is 0.0730 e. The lowest BCUT2D eigenvalue weighted by atomic mass is 10.1. The second-order valence-corrected chi connectivity index (χ2v) is 5.70. The van der Waals surface area contributed by atoms with Gasteiger partial charge in [0.25, 0.3) is 0 Å². The third-order valence-corrected chi connectivity index (χ3v) is 3.85. The van der Waals surface area contributed by atoms with E-state index >= 15 is 0 Å². The van der Waals surface area contributed by atoms with Crippen LogP contribution >= 0.6 is 15.9 Å². The molecular weight excluding hydrogens is 278 g/mol. The molecule has 94 valence electrons. The summed E-state index contributed by atoms with van der Waals surface area (Å²) >= 11 is 3.47. The predicted octanol–water partition coefficient (Wildman–Crippen LogP) is 3.63. The monoisotopic (exact) mass is 297 g/mol. The van der Waals surface area contributed by atoms with E-state index in [-0.39, 0.29) is 12.1 Å². The van der Waals surface area contributed by atoms with Gasteiger partial charge in [0.2, 0.25) is 0 Å². The van der Waals surface area contributed by atoms with Gasteiger partial charge in [0.05, 0.1) is 12.7 Å². The molecule has 2 atom stereocenters. The fourth-order valence-corrected chi connectivity index (χ4v) is 2.79. The minimum absolute atomic E-state index is 0.213. The van der Waals surface area contributed by atoms with Crippen LogP contribution < -0.4 is 5.73 Å². The Morgan fingerprint density at radius 1 is 1.24 bits per heavy atom. The highest BCUT2D eigenvalue weighted by Crippen LogP contribution is 2.21. The number of hydrogen-bond acceptors (Lipinski definition) is 2. The van der Waals surface area contributed by atoms with Crippen molar-refractivity contribution in [3.05, 3.63) is 34.3 Å². The van der Waals surface area contributed by atoms with Crippen molar-refractivity contribution in [2.45, 2.75) is 50.9 Å². The standard InChI is InChI=1S/C14H20BrNO/c15-12-6-4-5-11(9-12)10-17-14-8-3-1-2-7-13(14)16/h4-6,9,13-14H,1-3,7-8,10,16H2. The van der Waals surface area contributed by atoms with E-state index in [1.165, 1.54) is 24.8 Å². The van der Waals surface area contributed by atoms with Crippen molar-refractivity contribution < 1.29 is 4.74 Å². The average Bonchev–Trinajstić information content (AvgIpc) is 2.52. The molecular formula is C14H20BrNO. The van der Waals surface area contributed by atoms with Gasteiger partial charge >= 0.3 is 0 Å². The van der Waals surface area contributed by atoms with Gasteiger partial charge in [-0.25, -0.2) is 0 Å². The van der Waals surface area contributed by atoms with Crippen molar-refractivity contribution in [3.8, 4) is 0 Å². The molecule has 0 aliphatic heterocycles. The van der Waals surface area contributed by atoms with Crippen molar-refractivity contribution in [2.75, 3.05) is 0 Å². The maximum atomic E-state index is 6.14. The van der Waals surface area contributed by atoms with Crippen LogP contribution in [0.3, 0.4) is 0 Å². The summed E-state index contributed by atoms with van der Waals surface area (Å²) in [6.45, 7) is 0.664. The third kappa shape index (κ3) is 4.09. The molecule has 0 bridgehead atoms. The Hall–Kier alpha value is -0.380. The summed E-state index contributed by atoms with van der Waals surface area (Å²) in [4.78, 5) is 0. The number of rotatable bonds is 3. The normalized spacial score (nSPS) is 25.5. The minimum Gasteiger partial charge on any atom is -0.372 e. The lowest BCUT2D eigenvalue weighted by Crippen LogP contribution is -2.35. The van der Waals surface area contributed by atoms with Gasteiger partial charge < -0.3 is 10.5 Å². The Kier molecular flexibility index (Phi) is 5.01. The molecule has 1 aromatic carbocycles. The van der Waals surface area contributed by atoms with E-state index in [4.69, 9.17) is 10.5 Å². The first-order chi connectivity index (χ1) is 8.25. The van der Waals surface area contributed by atoms with E-state index in [9.17, 15) is 0 Å². The van der Waals surface area contributed by atoms with E-state index < -0.39 is 0 Å². The molecule has 1 aliphatic carbocycles. The molecule has 0 heterocycles. The summed E-state index contributed by atoms with van der Waals surface area (Å²) in [5.74, 6) is 0. The molecule has 0 aromatic heterocycles. The highest BCUT2D eigenvalue weighted by atomic mass is 79.9. The summed E-state index contributed by atoms with van der Waals surface area (Å²) < 4.78 is 7.07. The van der Waals surface area contributed by atoms with Crippen LogP contribution in [0.5, 0.6) is 0 Å². The average molecular weight is 298 g/mol. The molecule has 2 unspecified atom stereocenters. The molecule has 0 saturated heterocycles. The van der Waals surface area contributed by atoms with Crippen LogP contribution in [-0.4, -0.2) is 12.1 Å². The second-order valence-electron chi connectivity index (χ2n) is 4.78. The molecule has 3 heteroatoms. The van der Waals surface area contributed by atoms with E-state index in [0.717, 1.165) is 17.3 Å². The number of hydrogen-bond donors (Lipinski definition) is 1. The number of ether oxygens (including phenoxy) is 1. The van der Waals surface area contributed by atoms with Crippen LogP contribution in [-0.2, 0) is 11.3 Å². The Labute approximate surface area is 112 Å². The molecule has 0 spiro atoms.